The normalized spacial score (nSPS) is 20.1. The summed E-state index contributed by atoms with van der Waals surface area (Å²) in [7, 11) is 1.91. The van der Waals surface area contributed by atoms with Crippen molar-refractivity contribution >= 4 is 5.91 Å². The zero-order valence-electron chi connectivity index (χ0n) is 15.9. The van der Waals surface area contributed by atoms with Crippen LogP contribution in [0.3, 0.4) is 0 Å². The Kier molecular flexibility index (Phi) is 6.42. The predicted octanol–water partition coefficient (Wildman–Crippen LogP) is 4.09. The molecule has 5 heteroatoms. The standard InChI is InChI=1S/C21H30N4O/c1-3-4-7-16-9-11-17(12-10-16)21(26)23-15-18-14-20(25(2)24-18)19-8-5-6-13-22-19/h5-6,8,13-14,16-17H,3-4,7,9-12,15H2,1-2H3,(H,23,26). The molecule has 1 amide bonds. The molecule has 1 aliphatic rings. The summed E-state index contributed by atoms with van der Waals surface area (Å²) in [4.78, 5) is 16.9. The topological polar surface area (TPSA) is 59.8 Å². The summed E-state index contributed by atoms with van der Waals surface area (Å²) in [6, 6.07) is 7.84. The van der Waals surface area contributed by atoms with Crippen molar-refractivity contribution in [3.63, 3.8) is 0 Å². The fourth-order valence-electron chi connectivity index (χ4n) is 3.90. The van der Waals surface area contributed by atoms with Crippen molar-refractivity contribution in [2.45, 2.75) is 58.4 Å². The third-order valence-corrected chi connectivity index (χ3v) is 5.48. The summed E-state index contributed by atoms with van der Waals surface area (Å²) >= 11 is 0. The van der Waals surface area contributed by atoms with E-state index in [1.165, 1.54) is 32.1 Å². The van der Waals surface area contributed by atoms with Crippen LogP contribution in [0.2, 0.25) is 0 Å². The van der Waals surface area contributed by atoms with E-state index in [-0.39, 0.29) is 11.8 Å². The van der Waals surface area contributed by atoms with Crippen LogP contribution in [0.4, 0.5) is 0 Å². The van der Waals surface area contributed by atoms with Gasteiger partial charge in [-0.05, 0) is 49.8 Å². The van der Waals surface area contributed by atoms with Crippen LogP contribution in [0.15, 0.2) is 30.5 Å². The molecule has 0 spiro atoms. The van der Waals surface area contributed by atoms with E-state index in [0.717, 1.165) is 35.8 Å². The SMILES string of the molecule is CCCCC1CCC(C(=O)NCc2cc(-c3ccccn3)n(C)n2)CC1. The van der Waals surface area contributed by atoms with Gasteiger partial charge in [-0.25, -0.2) is 0 Å². The summed E-state index contributed by atoms with van der Waals surface area (Å²) < 4.78 is 1.82. The quantitative estimate of drug-likeness (QED) is 0.814. The van der Waals surface area contributed by atoms with Crippen LogP contribution in [-0.4, -0.2) is 20.7 Å². The molecule has 5 nitrogen and oxygen atoms in total. The van der Waals surface area contributed by atoms with Gasteiger partial charge in [-0.15, -0.1) is 0 Å². The van der Waals surface area contributed by atoms with Gasteiger partial charge >= 0.3 is 0 Å². The number of hydrogen-bond acceptors (Lipinski definition) is 3. The van der Waals surface area contributed by atoms with E-state index in [1.54, 1.807) is 6.20 Å². The molecule has 1 N–H and O–H groups in total. The number of pyridine rings is 1. The molecule has 0 atom stereocenters. The molecule has 1 fully saturated rings. The number of unbranched alkanes of at least 4 members (excludes halogenated alkanes) is 1. The van der Waals surface area contributed by atoms with E-state index in [4.69, 9.17) is 0 Å². The highest BCUT2D eigenvalue weighted by molar-refractivity contribution is 5.78. The molecule has 0 radical (unpaired) electrons. The number of aryl methyl sites for hydroxylation is 1. The van der Waals surface area contributed by atoms with Crippen LogP contribution in [0.5, 0.6) is 0 Å². The molecule has 0 aromatic carbocycles. The van der Waals surface area contributed by atoms with E-state index in [2.05, 4.69) is 22.3 Å². The average molecular weight is 354 g/mol. The minimum absolute atomic E-state index is 0.173. The van der Waals surface area contributed by atoms with E-state index in [0.29, 0.717) is 6.54 Å². The highest BCUT2D eigenvalue weighted by atomic mass is 16.1. The molecule has 1 saturated carbocycles. The highest BCUT2D eigenvalue weighted by Gasteiger charge is 2.25. The number of carbonyl (C=O) groups is 1. The minimum Gasteiger partial charge on any atom is -0.350 e. The molecular weight excluding hydrogens is 324 g/mol. The van der Waals surface area contributed by atoms with Crippen molar-refractivity contribution in [2.75, 3.05) is 0 Å². The van der Waals surface area contributed by atoms with Gasteiger partial charge in [0.15, 0.2) is 0 Å². The number of nitrogens with one attached hydrogen (secondary N) is 1. The molecule has 2 aromatic rings. The Bertz CT molecular complexity index is 702. The van der Waals surface area contributed by atoms with Gasteiger partial charge in [0, 0.05) is 19.2 Å². The number of nitrogens with zero attached hydrogens (tertiary/aromatic N) is 3. The lowest BCUT2D eigenvalue weighted by Gasteiger charge is -2.27. The Balaban J connectivity index is 1.50. The van der Waals surface area contributed by atoms with Crippen molar-refractivity contribution in [1.29, 1.82) is 0 Å². The van der Waals surface area contributed by atoms with Crippen molar-refractivity contribution < 1.29 is 4.79 Å². The minimum atomic E-state index is 0.173. The van der Waals surface area contributed by atoms with Gasteiger partial charge in [-0.3, -0.25) is 14.5 Å². The Morgan fingerprint density at radius 2 is 2.08 bits per heavy atom. The zero-order chi connectivity index (χ0) is 18.4. The fourth-order valence-corrected chi connectivity index (χ4v) is 3.90. The molecule has 140 valence electrons. The summed E-state index contributed by atoms with van der Waals surface area (Å²) in [5, 5.41) is 7.60. The van der Waals surface area contributed by atoms with Crippen molar-refractivity contribution in [3.8, 4) is 11.4 Å². The maximum Gasteiger partial charge on any atom is 0.223 e. The van der Waals surface area contributed by atoms with Gasteiger partial charge in [0.05, 0.1) is 23.6 Å². The van der Waals surface area contributed by atoms with Crippen LogP contribution in [0.25, 0.3) is 11.4 Å². The number of aromatic nitrogens is 3. The van der Waals surface area contributed by atoms with E-state index < -0.39 is 0 Å². The van der Waals surface area contributed by atoms with E-state index in [1.807, 2.05) is 36.0 Å². The molecule has 0 unspecified atom stereocenters. The van der Waals surface area contributed by atoms with E-state index >= 15 is 0 Å². The smallest absolute Gasteiger partial charge is 0.223 e. The molecular formula is C21H30N4O. The van der Waals surface area contributed by atoms with Gasteiger partial charge in [-0.1, -0.05) is 32.3 Å². The first-order chi connectivity index (χ1) is 12.7. The third-order valence-electron chi connectivity index (χ3n) is 5.48. The summed E-state index contributed by atoms with van der Waals surface area (Å²) in [5.41, 5.74) is 2.73. The first kappa shape index (κ1) is 18.6. The summed E-state index contributed by atoms with van der Waals surface area (Å²) in [6.45, 7) is 2.73. The highest BCUT2D eigenvalue weighted by Crippen LogP contribution is 2.32. The fraction of sp³-hybridized carbons (Fsp3) is 0.571. The second kappa shape index (κ2) is 8.97. The molecule has 2 aromatic heterocycles. The molecule has 0 saturated heterocycles. The predicted molar refractivity (Wildman–Crippen MR) is 103 cm³/mol. The van der Waals surface area contributed by atoms with E-state index in [9.17, 15) is 4.79 Å². The molecule has 0 aliphatic heterocycles. The van der Waals surface area contributed by atoms with Gasteiger partial charge in [0.2, 0.25) is 5.91 Å². The molecule has 0 bridgehead atoms. The monoisotopic (exact) mass is 354 g/mol. The maximum atomic E-state index is 12.5. The lowest BCUT2D eigenvalue weighted by molar-refractivity contribution is -0.126. The number of amides is 1. The Labute approximate surface area is 156 Å². The van der Waals surface area contributed by atoms with Gasteiger partial charge in [-0.2, -0.15) is 5.10 Å². The van der Waals surface area contributed by atoms with Crippen molar-refractivity contribution in [3.05, 3.63) is 36.2 Å². The summed E-state index contributed by atoms with van der Waals surface area (Å²) in [5.74, 6) is 1.19. The van der Waals surface area contributed by atoms with Crippen LogP contribution >= 0.6 is 0 Å². The van der Waals surface area contributed by atoms with Crippen LogP contribution in [0, 0.1) is 11.8 Å². The van der Waals surface area contributed by atoms with Gasteiger partial charge < -0.3 is 5.32 Å². The van der Waals surface area contributed by atoms with Crippen molar-refractivity contribution in [2.24, 2.45) is 18.9 Å². The first-order valence-corrected chi connectivity index (χ1v) is 9.89. The third kappa shape index (κ3) is 4.71. The Morgan fingerprint density at radius 1 is 1.27 bits per heavy atom. The molecule has 3 rings (SSSR count). The Morgan fingerprint density at radius 3 is 2.77 bits per heavy atom. The average Bonchev–Trinajstić information content (AvgIpc) is 3.06. The molecule has 2 heterocycles. The molecule has 26 heavy (non-hydrogen) atoms. The Hall–Kier alpha value is -2.17. The van der Waals surface area contributed by atoms with Gasteiger partial charge in [0.1, 0.15) is 0 Å². The number of rotatable bonds is 7. The van der Waals surface area contributed by atoms with Crippen LogP contribution in [-0.2, 0) is 18.4 Å². The second-order valence-electron chi connectivity index (χ2n) is 7.44. The maximum absolute atomic E-state index is 12.5. The van der Waals surface area contributed by atoms with Crippen LogP contribution in [0.1, 0.15) is 57.6 Å². The van der Waals surface area contributed by atoms with Crippen molar-refractivity contribution in [1.82, 2.24) is 20.1 Å². The van der Waals surface area contributed by atoms with Crippen LogP contribution < -0.4 is 5.32 Å². The lowest BCUT2D eigenvalue weighted by atomic mass is 9.79. The first-order valence-electron chi connectivity index (χ1n) is 9.89. The number of carbonyl (C=O) groups excluding carboxylic acids is 1. The largest absolute Gasteiger partial charge is 0.350 e. The summed E-state index contributed by atoms with van der Waals surface area (Å²) in [6.07, 6.45) is 10.2. The molecule has 1 aliphatic carbocycles. The van der Waals surface area contributed by atoms with Gasteiger partial charge in [0.25, 0.3) is 0 Å². The lowest BCUT2D eigenvalue weighted by Crippen LogP contribution is -2.33. The number of hydrogen-bond donors (Lipinski definition) is 1. The zero-order valence-corrected chi connectivity index (χ0v) is 15.9. The second-order valence-corrected chi connectivity index (χ2v) is 7.44.